The fourth-order valence-corrected chi connectivity index (χ4v) is 3.12. The predicted molar refractivity (Wildman–Crippen MR) is 46.4 cm³/mol. The van der Waals surface area contributed by atoms with Gasteiger partial charge in [-0.2, -0.15) is 26.3 Å². The van der Waals surface area contributed by atoms with Gasteiger partial charge in [0.2, 0.25) is 0 Å². The van der Waals surface area contributed by atoms with Crippen molar-refractivity contribution in [3.63, 3.8) is 0 Å². The molecule has 0 heterocycles. The molecular weight excluding hydrogens is 266 g/mol. The summed E-state index contributed by atoms with van der Waals surface area (Å²) in [6, 6.07) is 0. The Balaban J connectivity index is 2.47. The second-order valence-electron chi connectivity index (χ2n) is 4.91. The van der Waals surface area contributed by atoms with Crippen molar-refractivity contribution in [2.24, 2.45) is 17.8 Å². The summed E-state index contributed by atoms with van der Waals surface area (Å²) in [6.07, 6.45) is -11.4. The maximum absolute atomic E-state index is 12.6. The van der Waals surface area contributed by atoms with E-state index in [0.29, 0.717) is 6.42 Å². The highest BCUT2D eigenvalue weighted by Gasteiger charge is 2.78. The van der Waals surface area contributed by atoms with Crippen LogP contribution in [-0.2, 0) is 4.79 Å². The topological polar surface area (TPSA) is 37.3 Å². The van der Waals surface area contributed by atoms with Crippen molar-refractivity contribution in [1.82, 2.24) is 0 Å². The van der Waals surface area contributed by atoms with Crippen LogP contribution in [0.2, 0.25) is 0 Å². The quantitative estimate of drug-likeness (QED) is 0.747. The standard InChI is InChI=1S/C10H10F6O2/c11-9(12,13)8(18,10(14,15)16)6-4-1-2-5(3-4)7(6)17/h4-6,18H,1-3H2/t4-,5-,6+/m1/s1. The van der Waals surface area contributed by atoms with E-state index in [1.54, 1.807) is 0 Å². The lowest BCUT2D eigenvalue weighted by Gasteiger charge is -2.39. The van der Waals surface area contributed by atoms with Gasteiger partial charge in [0.1, 0.15) is 5.78 Å². The van der Waals surface area contributed by atoms with Crippen molar-refractivity contribution in [2.75, 3.05) is 0 Å². The number of hydrogen-bond acceptors (Lipinski definition) is 2. The van der Waals surface area contributed by atoms with E-state index >= 15 is 0 Å². The molecule has 1 N–H and O–H groups in total. The zero-order valence-electron chi connectivity index (χ0n) is 8.98. The van der Waals surface area contributed by atoms with Crippen LogP contribution in [0.1, 0.15) is 19.3 Å². The van der Waals surface area contributed by atoms with Crippen LogP contribution in [-0.4, -0.2) is 28.8 Å². The largest absolute Gasteiger partial charge is 0.427 e. The third kappa shape index (κ3) is 1.57. The minimum Gasteiger partial charge on any atom is -0.373 e. The SMILES string of the molecule is O=C1[C@@H]2CC[C@H](C2)[C@@H]1C(O)(C(F)(F)F)C(F)(F)F. The highest BCUT2D eigenvalue weighted by atomic mass is 19.4. The molecule has 0 spiro atoms. The molecule has 2 bridgehead atoms. The number of ketones is 1. The van der Waals surface area contributed by atoms with Crippen LogP contribution in [0, 0.1) is 17.8 Å². The lowest BCUT2D eigenvalue weighted by molar-refractivity contribution is -0.383. The molecule has 3 atom stereocenters. The Morgan fingerprint density at radius 1 is 1.00 bits per heavy atom. The molecule has 18 heavy (non-hydrogen) atoms. The van der Waals surface area contributed by atoms with Crippen molar-refractivity contribution in [2.45, 2.75) is 37.2 Å². The van der Waals surface area contributed by atoms with Gasteiger partial charge in [-0.1, -0.05) is 0 Å². The Morgan fingerprint density at radius 2 is 1.50 bits per heavy atom. The van der Waals surface area contributed by atoms with Gasteiger partial charge in [0.15, 0.2) is 0 Å². The number of aliphatic hydroxyl groups is 1. The Bertz CT molecular complexity index is 358. The molecule has 0 aromatic rings. The molecule has 0 aliphatic heterocycles. The normalized spacial score (nSPS) is 33.3. The van der Waals surface area contributed by atoms with E-state index < -0.39 is 41.5 Å². The molecule has 0 aromatic heterocycles. The van der Waals surface area contributed by atoms with Gasteiger partial charge in [0.05, 0.1) is 5.92 Å². The lowest BCUT2D eigenvalue weighted by atomic mass is 9.74. The van der Waals surface area contributed by atoms with E-state index in [1.807, 2.05) is 0 Å². The minimum absolute atomic E-state index is 0.0119. The van der Waals surface area contributed by atoms with E-state index in [-0.39, 0.29) is 12.8 Å². The number of hydrogen-bond donors (Lipinski definition) is 1. The summed E-state index contributed by atoms with van der Waals surface area (Å²) < 4.78 is 75.8. The molecular formula is C10H10F6O2. The molecule has 2 nitrogen and oxygen atoms in total. The lowest BCUT2D eigenvalue weighted by Crippen LogP contribution is -2.64. The molecule has 2 aliphatic rings. The molecule has 0 unspecified atom stereocenters. The van der Waals surface area contributed by atoms with E-state index in [9.17, 15) is 36.2 Å². The number of carbonyl (C=O) groups excluding carboxylic acids is 1. The minimum atomic E-state index is -5.91. The molecule has 0 saturated heterocycles. The molecule has 0 aromatic carbocycles. The van der Waals surface area contributed by atoms with E-state index in [1.165, 1.54) is 0 Å². The fraction of sp³-hybridized carbons (Fsp3) is 0.900. The Labute approximate surface area is 98.0 Å². The first-order valence-electron chi connectivity index (χ1n) is 5.39. The van der Waals surface area contributed by atoms with Gasteiger partial charge in [-0.15, -0.1) is 0 Å². The molecule has 8 heteroatoms. The van der Waals surface area contributed by atoms with Gasteiger partial charge in [-0.05, 0) is 25.2 Å². The van der Waals surface area contributed by atoms with Gasteiger partial charge in [-0.25, -0.2) is 0 Å². The van der Waals surface area contributed by atoms with Crippen molar-refractivity contribution >= 4 is 5.78 Å². The summed E-state index contributed by atoms with van der Waals surface area (Å²) in [5.41, 5.74) is -4.92. The average Bonchev–Trinajstić information content (AvgIpc) is 2.73. The third-order valence-corrected chi connectivity index (χ3v) is 3.97. The van der Waals surface area contributed by atoms with Crippen LogP contribution in [0.25, 0.3) is 0 Å². The second kappa shape index (κ2) is 3.61. The smallest absolute Gasteiger partial charge is 0.373 e. The summed E-state index contributed by atoms with van der Waals surface area (Å²) in [4.78, 5) is 11.5. The summed E-state index contributed by atoms with van der Waals surface area (Å²) in [7, 11) is 0. The van der Waals surface area contributed by atoms with E-state index in [2.05, 4.69) is 0 Å². The highest BCUT2D eigenvalue weighted by Crippen LogP contribution is 2.58. The van der Waals surface area contributed by atoms with Crippen molar-refractivity contribution in [1.29, 1.82) is 0 Å². The zero-order chi connectivity index (χ0) is 13.9. The molecule has 0 amide bonds. The number of alkyl halides is 6. The van der Waals surface area contributed by atoms with E-state index in [0.717, 1.165) is 0 Å². The number of fused-ring (bicyclic) bond motifs is 2. The predicted octanol–water partition coefficient (Wildman–Crippen LogP) is 2.46. The molecule has 2 rings (SSSR count). The Morgan fingerprint density at radius 3 is 1.83 bits per heavy atom. The second-order valence-corrected chi connectivity index (χ2v) is 4.91. The maximum Gasteiger partial charge on any atom is 0.427 e. The van der Waals surface area contributed by atoms with E-state index in [4.69, 9.17) is 0 Å². The highest BCUT2D eigenvalue weighted by molar-refractivity contribution is 5.88. The molecule has 104 valence electrons. The van der Waals surface area contributed by atoms with Crippen molar-refractivity contribution in [3.05, 3.63) is 0 Å². The molecule has 2 aliphatic carbocycles. The third-order valence-electron chi connectivity index (χ3n) is 3.97. The number of carbonyl (C=O) groups is 1. The fourth-order valence-electron chi connectivity index (χ4n) is 3.12. The summed E-state index contributed by atoms with van der Waals surface area (Å²) in [5, 5.41) is 9.21. The molecule has 2 fully saturated rings. The van der Waals surface area contributed by atoms with Crippen molar-refractivity contribution < 1.29 is 36.2 Å². The summed E-state index contributed by atoms with van der Waals surface area (Å²) in [6.45, 7) is 0. The monoisotopic (exact) mass is 276 g/mol. The summed E-state index contributed by atoms with van der Waals surface area (Å²) >= 11 is 0. The van der Waals surface area contributed by atoms with Crippen LogP contribution >= 0.6 is 0 Å². The van der Waals surface area contributed by atoms with Gasteiger partial charge in [-0.3, -0.25) is 4.79 Å². The first-order chi connectivity index (χ1) is 8.00. The first-order valence-corrected chi connectivity index (χ1v) is 5.39. The van der Waals surface area contributed by atoms with Crippen LogP contribution in [0.15, 0.2) is 0 Å². The van der Waals surface area contributed by atoms with Gasteiger partial charge in [0.25, 0.3) is 5.60 Å². The van der Waals surface area contributed by atoms with Gasteiger partial charge >= 0.3 is 12.4 Å². The number of halogens is 6. The first kappa shape index (κ1) is 13.6. The van der Waals surface area contributed by atoms with Crippen molar-refractivity contribution in [3.8, 4) is 0 Å². The van der Waals surface area contributed by atoms with Gasteiger partial charge in [0, 0.05) is 5.92 Å². The van der Waals surface area contributed by atoms with Crippen LogP contribution in [0.5, 0.6) is 0 Å². The Hall–Kier alpha value is -0.790. The number of rotatable bonds is 1. The van der Waals surface area contributed by atoms with Crippen LogP contribution in [0.4, 0.5) is 26.3 Å². The molecule has 2 saturated carbocycles. The summed E-state index contributed by atoms with van der Waals surface area (Å²) in [5.74, 6) is -5.31. The van der Waals surface area contributed by atoms with Crippen LogP contribution in [0.3, 0.4) is 0 Å². The maximum atomic E-state index is 12.6. The average molecular weight is 276 g/mol. The Kier molecular flexibility index (Phi) is 2.74. The number of Topliss-reactive ketones (excluding diaryl/α,β-unsaturated/α-hetero) is 1. The molecule has 0 radical (unpaired) electrons. The van der Waals surface area contributed by atoms with Gasteiger partial charge < -0.3 is 5.11 Å². The van der Waals surface area contributed by atoms with Crippen LogP contribution < -0.4 is 0 Å². The zero-order valence-corrected chi connectivity index (χ0v) is 8.98.